The molecule has 0 spiro atoms. The van der Waals surface area contributed by atoms with Crippen LogP contribution < -0.4 is 5.32 Å². The Morgan fingerprint density at radius 3 is 2.59 bits per heavy atom. The van der Waals surface area contributed by atoms with Crippen LogP contribution in [0, 0.1) is 0 Å². The lowest BCUT2D eigenvalue weighted by molar-refractivity contribution is 0.0939. The minimum atomic E-state index is -0.0152. The monoisotopic (exact) mass is 381 g/mol. The van der Waals surface area contributed by atoms with Gasteiger partial charge in [0.25, 0.3) is 5.91 Å². The van der Waals surface area contributed by atoms with Gasteiger partial charge in [-0.2, -0.15) is 0 Å². The van der Waals surface area contributed by atoms with E-state index in [-0.39, 0.29) is 11.9 Å². The molecule has 0 aliphatic carbocycles. The van der Waals surface area contributed by atoms with Crippen molar-refractivity contribution in [2.75, 3.05) is 26.4 Å². The van der Waals surface area contributed by atoms with Crippen LogP contribution in [-0.4, -0.2) is 41.8 Å². The fourth-order valence-corrected chi connectivity index (χ4v) is 4.23. The van der Waals surface area contributed by atoms with E-state index in [1.807, 2.05) is 24.3 Å². The number of para-hydroxylation sites is 1. The second-order valence-electron chi connectivity index (χ2n) is 6.83. The molecule has 1 N–H and O–H groups in total. The van der Waals surface area contributed by atoms with Crippen LogP contribution in [0.2, 0.25) is 0 Å². The molecule has 1 heterocycles. The maximum Gasteiger partial charge on any atom is 0.252 e. The van der Waals surface area contributed by atoms with Crippen LogP contribution >= 0.6 is 11.8 Å². The van der Waals surface area contributed by atoms with Gasteiger partial charge >= 0.3 is 0 Å². The minimum absolute atomic E-state index is 0.0152. The number of carbonyl (C=O) groups is 1. The number of benzene rings is 2. The van der Waals surface area contributed by atoms with Gasteiger partial charge in [0.15, 0.2) is 0 Å². The molecule has 1 aromatic heterocycles. The third-order valence-electron chi connectivity index (χ3n) is 4.80. The summed E-state index contributed by atoms with van der Waals surface area (Å²) in [6, 6.07) is 16.3. The van der Waals surface area contributed by atoms with Gasteiger partial charge in [-0.15, -0.1) is 11.8 Å². The zero-order chi connectivity index (χ0) is 19.4. The van der Waals surface area contributed by atoms with Gasteiger partial charge in [0.2, 0.25) is 0 Å². The summed E-state index contributed by atoms with van der Waals surface area (Å²) in [5, 5.41) is 4.38. The van der Waals surface area contributed by atoms with Crippen molar-refractivity contribution in [1.29, 1.82) is 0 Å². The number of hydrogen-bond acceptors (Lipinski definition) is 3. The molecule has 2 aromatic carbocycles. The molecule has 0 bridgehead atoms. The van der Waals surface area contributed by atoms with E-state index in [0.29, 0.717) is 6.54 Å². The Bertz CT molecular complexity index is 932. The topological polar surface area (TPSA) is 37.3 Å². The lowest BCUT2D eigenvalue weighted by atomic mass is 10.0. The molecule has 3 aromatic rings. The van der Waals surface area contributed by atoms with Crippen molar-refractivity contribution < 1.29 is 4.79 Å². The maximum atomic E-state index is 12.8. The number of carbonyl (C=O) groups excluding carboxylic acids is 1. The first-order chi connectivity index (χ1) is 13.0. The second-order valence-corrected chi connectivity index (χ2v) is 8.14. The van der Waals surface area contributed by atoms with Crippen LogP contribution in [0.1, 0.15) is 28.9 Å². The number of aryl methyl sites for hydroxylation is 1. The third kappa shape index (κ3) is 4.20. The van der Waals surface area contributed by atoms with Crippen molar-refractivity contribution in [1.82, 2.24) is 14.8 Å². The van der Waals surface area contributed by atoms with E-state index in [0.717, 1.165) is 16.2 Å². The molecule has 27 heavy (non-hydrogen) atoms. The van der Waals surface area contributed by atoms with Gasteiger partial charge in [-0.1, -0.05) is 37.3 Å². The van der Waals surface area contributed by atoms with Crippen molar-refractivity contribution in [3.8, 4) is 0 Å². The van der Waals surface area contributed by atoms with Gasteiger partial charge in [-0.25, -0.2) is 0 Å². The standard InChI is InChI=1S/C22H27N3OS/c1-5-27-21-13-9-7-11-17(21)22(26)23-14-20(24(2)3)18-15-25(4)19-12-8-6-10-16(18)19/h6-13,15,20H,5,14H2,1-4H3,(H,23,26)/t20-/m0/s1. The Labute approximate surface area is 165 Å². The smallest absolute Gasteiger partial charge is 0.252 e. The van der Waals surface area contributed by atoms with E-state index < -0.39 is 0 Å². The van der Waals surface area contributed by atoms with Crippen LogP contribution in [-0.2, 0) is 7.05 Å². The Balaban J connectivity index is 1.83. The van der Waals surface area contributed by atoms with Crippen molar-refractivity contribution in [3.05, 3.63) is 65.9 Å². The number of hydrogen-bond donors (Lipinski definition) is 1. The molecule has 1 amide bonds. The molecule has 0 aliphatic rings. The van der Waals surface area contributed by atoms with Crippen LogP contribution in [0.5, 0.6) is 0 Å². The molecular formula is C22H27N3OS. The Morgan fingerprint density at radius 2 is 1.85 bits per heavy atom. The number of aromatic nitrogens is 1. The largest absolute Gasteiger partial charge is 0.350 e. The van der Waals surface area contributed by atoms with Gasteiger partial charge in [-0.3, -0.25) is 4.79 Å². The average molecular weight is 382 g/mol. The Kier molecular flexibility index (Phi) is 6.24. The number of nitrogens with zero attached hydrogens (tertiary/aromatic N) is 2. The van der Waals surface area contributed by atoms with E-state index in [1.54, 1.807) is 11.8 Å². The number of likely N-dealkylation sites (N-methyl/N-ethyl adjacent to an activating group) is 1. The van der Waals surface area contributed by atoms with E-state index >= 15 is 0 Å². The predicted octanol–water partition coefficient (Wildman–Crippen LogP) is 4.32. The number of amides is 1. The number of nitrogens with one attached hydrogen (secondary N) is 1. The summed E-state index contributed by atoms with van der Waals surface area (Å²) in [5.74, 6) is 0.930. The quantitative estimate of drug-likeness (QED) is 0.619. The van der Waals surface area contributed by atoms with Gasteiger partial charge < -0.3 is 14.8 Å². The maximum absolute atomic E-state index is 12.8. The molecule has 0 saturated carbocycles. The third-order valence-corrected chi connectivity index (χ3v) is 5.75. The van der Waals surface area contributed by atoms with E-state index in [4.69, 9.17) is 0 Å². The van der Waals surface area contributed by atoms with Crippen LogP contribution in [0.3, 0.4) is 0 Å². The summed E-state index contributed by atoms with van der Waals surface area (Å²) in [5.41, 5.74) is 3.18. The highest BCUT2D eigenvalue weighted by molar-refractivity contribution is 7.99. The summed E-state index contributed by atoms with van der Waals surface area (Å²) >= 11 is 1.70. The average Bonchev–Trinajstić information content (AvgIpc) is 2.99. The van der Waals surface area contributed by atoms with Gasteiger partial charge in [0, 0.05) is 35.6 Å². The van der Waals surface area contributed by atoms with Crippen LogP contribution in [0.25, 0.3) is 10.9 Å². The number of fused-ring (bicyclic) bond motifs is 1. The lowest BCUT2D eigenvalue weighted by Gasteiger charge is -2.24. The minimum Gasteiger partial charge on any atom is -0.350 e. The molecule has 0 saturated heterocycles. The highest BCUT2D eigenvalue weighted by Gasteiger charge is 2.21. The van der Waals surface area contributed by atoms with Gasteiger partial charge in [0.05, 0.1) is 11.6 Å². The fourth-order valence-electron chi connectivity index (χ4n) is 3.43. The summed E-state index contributed by atoms with van der Waals surface area (Å²) in [6.45, 7) is 2.66. The van der Waals surface area contributed by atoms with Crippen molar-refractivity contribution >= 4 is 28.6 Å². The summed E-state index contributed by atoms with van der Waals surface area (Å²) in [4.78, 5) is 16.0. The number of rotatable bonds is 7. The van der Waals surface area contributed by atoms with Crippen molar-refractivity contribution in [3.63, 3.8) is 0 Å². The van der Waals surface area contributed by atoms with Gasteiger partial charge in [0.1, 0.15) is 0 Å². The Hall–Kier alpha value is -2.24. The molecule has 0 aliphatic heterocycles. The molecule has 4 nitrogen and oxygen atoms in total. The predicted molar refractivity (Wildman–Crippen MR) is 115 cm³/mol. The molecule has 142 valence electrons. The molecule has 0 fully saturated rings. The van der Waals surface area contributed by atoms with E-state index in [2.05, 4.69) is 73.3 Å². The van der Waals surface area contributed by atoms with Crippen LogP contribution in [0.15, 0.2) is 59.6 Å². The molecule has 5 heteroatoms. The summed E-state index contributed by atoms with van der Waals surface area (Å²) < 4.78 is 2.15. The van der Waals surface area contributed by atoms with E-state index in [1.165, 1.54) is 16.5 Å². The van der Waals surface area contributed by atoms with Gasteiger partial charge in [-0.05, 0) is 43.6 Å². The molecular weight excluding hydrogens is 354 g/mol. The van der Waals surface area contributed by atoms with Crippen molar-refractivity contribution in [2.24, 2.45) is 7.05 Å². The Morgan fingerprint density at radius 1 is 1.15 bits per heavy atom. The molecule has 1 atom stereocenters. The first-order valence-corrected chi connectivity index (χ1v) is 10.2. The first-order valence-electron chi connectivity index (χ1n) is 9.23. The first kappa shape index (κ1) is 19.5. The highest BCUT2D eigenvalue weighted by atomic mass is 32.2. The lowest BCUT2D eigenvalue weighted by Crippen LogP contribution is -2.34. The normalized spacial score (nSPS) is 12.5. The summed E-state index contributed by atoms with van der Waals surface area (Å²) in [7, 11) is 6.17. The summed E-state index contributed by atoms with van der Waals surface area (Å²) in [6.07, 6.45) is 2.17. The highest BCUT2D eigenvalue weighted by Crippen LogP contribution is 2.28. The second kappa shape index (κ2) is 8.63. The fraction of sp³-hybridized carbons (Fsp3) is 0.318. The SMILES string of the molecule is CCSc1ccccc1C(=O)NC[C@@H](c1cn(C)c2ccccc12)N(C)C. The molecule has 0 unspecified atom stereocenters. The molecule has 3 rings (SSSR count). The van der Waals surface area contributed by atoms with Crippen molar-refractivity contribution in [2.45, 2.75) is 17.9 Å². The van der Waals surface area contributed by atoms with E-state index in [9.17, 15) is 4.79 Å². The zero-order valence-corrected chi connectivity index (χ0v) is 17.2. The zero-order valence-electron chi connectivity index (χ0n) is 16.4. The molecule has 0 radical (unpaired) electrons. The number of thioether (sulfide) groups is 1. The van der Waals surface area contributed by atoms with Crippen LogP contribution in [0.4, 0.5) is 0 Å².